The second-order valence-corrected chi connectivity index (χ2v) is 2.25. The van der Waals surface area contributed by atoms with E-state index >= 15 is 0 Å². The van der Waals surface area contributed by atoms with Crippen molar-refractivity contribution in [3.05, 3.63) is 31.0 Å². The Kier molecular flexibility index (Phi) is 3.03. The van der Waals surface area contributed by atoms with Crippen LogP contribution >= 0.6 is 0 Å². The van der Waals surface area contributed by atoms with Crippen molar-refractivity contribution in [2.75, 3.05) is 12.4 Å². The number of rotatable bonds is 3. The van der Waals surface area contributed by atoms with Crippen LogP contribution in [0.2, 0.25) is 0 Å². The van der Waals surface area contributed by atoms with E-state index < -0.39 is 5.97 Å². The van der Waals surface area contributed by atoms with Gasteiger partial charge in [-0.3, -0.25) is 0 Å². The Hall–Kier alpha value is -1.84. The molecule has 0 amide bonds. The molecule has 0 fully saturated rings. The van der Waals surface area contributed by atoms with E-state index in [4.69, 9.17) is 4.74 Å². The van der Waals surface area contributed by atoms with Crippen LogP contribution in [0.1, 0.15) is 0 Å². The number of nitrogens with zero attached hydrogens (tertiary/aromatic N) is 1. The molecule has 0 bridgehead atoms. The van der Waals surface area contributed by atoms with Crippen molar-refractivity contribution < 1.29 is 9.53 Å². The zero-order chi connectivity index (χ0) is 9.68. The standard InChI is InChI=1S/C9H10N2O2/c1-3-9(12)13-7-4-5-8(10-2)11-6-7/h3-6H,1H2,2H3,(H,10,11). The van der Waals surface area contributed by atoms with E-state index in [0.717, 1.165) is 11.9 Å². The predicted octanol–water partition coefficient (Wildman–Crippen LogP) is 1.21. The van der Waals surface area contributed by atoms with Gasteiger partial charge in [0.25, 0.3) is 0 Å². The third-order valence-corrected chi connectivity index (χ3v) is 1.38. The van der Waals surface area contributed by atoms with Crippen LogP contribution in [0.4, 0.5) is 5.82 Å². The Bertz CT molecular complexity index is 306. The number of aromatic nitrogens is 1. The highest BCUT2D eigenvalue weighted by Crippen LogP contribution is 2.11. The highest BCUT2D eigenvalue weighted by molar-refractivity contribution is 5.83. The van der Waals surface area contributed by atoms with E-state index in [2.05, 4.69) is 16.9 Å². The van der Waals surface area contributed by atoms with E-state index in [-0.39, 0.29) is 0 Å². The quantitative estimate of drug-likeness (QED) is 0.558. The molecule has 0 aliphatic carbocycles. The Labute approximate surface area is 76.2 Å². The third-order valence-electron chi connectivity index (χ3n) is 1.38. The van der Waals surface area contributed by atoms with E-state index in [9.17, 15) is 4.79 Å². The average molecular weight is 178 g/mol. The summed E-state index contributed by atoms with van der Waals surface area (Å²) in [6.07, 6.45) is 2.57. The lowest BCUT2D eigenvalue weighted by atomic mass is 10.4. The van der Waals surface area contributed by atoms with Gasteiger partial charge in [-0.15, -0.1) is 0 Å². The highest BCUT2D eigenvalue weighted by atomic mass is 16.5. The van der Waals surface area contributed by atoms with Gasteiger partial charge in [0, 0.05) is 13.1 Å². The molecule has 0 aromatic carbocycles. The maximum Gasteiger partial charge on any atom is 0.335 e. The zero-order valence-electron chi connectivity index (χ0n) is 7.28. The number of carbonyl (C=O) groups excluding carboxylic acids is 1. The van der Waals surface area contributed by atoms with Crippen molar-refractivity contribution in [2.24, 2.45) is 0 Å². The van der Waals surface area contributed by atoms with Gasteiger partial charge in [-0.2, -0.15) is 0 Å². The molecule has 13 heavy (non-hydrogen) atoms. The smallest absolute Gasteiger partial charge is 0.335 e. The van der Waals surface area contributed by atoms with Gasteiger partial charge in [-0.25, -0.2) is 9.78 Å². The van der Waals surface area contributed by atoms with Crippen LogP contribution < -0.4 is 10.1 Å². The summed E-state index contributed by atoms with van der Waals surface area (Å²) in [6, 6.07) is 3.37. The van der Waals surface area contributed by atoms with Crippen LogP contribution in [0.25, 0.3) is 0 Å². The van der Waals surface area contributed by atoms with Crippen LogP contribution in [0.5, 0.6) is 5.75 Å². The molecule has 4 heteroatoms. The molecule has 0 unspecified atom stereocenters. The number of esters is 1. The summed E-state index contributed by atoms with van der Waals surface area (Å²) < 4.78 is 4.82. The topological polar surface area (TPSA) is 51.2 Å². The molecule has 0 radical (unpaired) electrons. The maximum atomic E-state index is 10.8. The van der Waals surface area contributed by atoms with Gasteiger partial charge in [0.15, 0.2) is 0 Å². The fraction of sp³-hybridized carbons (Fsp3) is 0.111. The fourth-order valence-electron chi connectivity index (χ4n) is 0.746. The Morgan fingerprint density at radius 2 is 2.46 bits per heavy atom. The van der Waals surface area contributed by atoms with Crippen LogP contribution in [0.15, 0.2) is 31.0 Å². The first-order valence-corrected chi connectivity index (χ1v) is 3.74. The third kappa shape index (κ3) is 2.59. The molecule has 68 valence electrons. The maximum absolute atomic E-state index is 10.8. The lowest BCUT2D eigenvalue weighted by molar-refractivity contribution is -0.128. The Balaban J connectivity index is 2.69. The summed E-state index contributed by atoms with van der Waals surface area (Å²) >= 11 is 0. The van der Waals surface area contributed by atoms with E-state index in [1.165, 1.54) is 6.20 Å². The zero-order valence-corrected chi connectivity index (χ0v) is 7.28. The van der Waals surface area contributed by atoms with Gasteiger partial charge in [-0.1, -0.05) is 6.58 Å². The minimum Gasteiger partial charge on any atom is -0.422 e. The molecule has 1 aromatic rings. The SMILES string of the molecule is C=CC(=O)Oc1ccc(NC)nc1. The Morgan fingerprint density at radius 1 is 1.69 bits per heavy atom. The lowest BCUT2D eigenvalue weighted by Crippen LogP contribution is -2.03. The number of carbonyl (C=O) groups is 1. The van der Waals surface area contributed by atoms with Crippen molar-refractivity contribution in [3.63, 3.8) is 0 Å². The molecule has 1 N–H and O–H groups in total. The number of hydrogen-bond donors (Lipinski definition) is 1. The van der Waals surface area contributed by atoms with Crippen LogP contribution in [-0.4, -0.2) is 18.0 Å². The summed E-state index contributed by atoms with van der Waals surface area (Å²) in [5.41, 5.74) is 0. The second-order valence-electron chi connectivity index (χ2n) is 2.25. The Morgan fingerprint density at radius 3 is 2.92 bits per heavy atom. The van der Waals surface area contributed by atoms with Crippen molar-refractivity contribution in [1.29, 1.82) is 0 Å². The normalized spacial score (nSPS) is 9.00. The molecular weight excluding hydrogens is 168 g/mol. The molecule has 0 saturated heterocycles. The monoisotopic (exact) mass is 178 g/mol. The van der Waals surface area contributed by atoms with Gasteiger partial charge >= 0.3 is 5.97 Å². The van der Waals surface area contributed by atoms with Gasteiger partial charge in [0.2, 0.25) is 0 Å². The van der Waals surface area contributed by atoms with Crippen LogP contribution in [-0.2, 0) is 4.79 Å². The first kappa shape index (κ1) is 9.25. The molecular formula is C9H10N2O2. The van der Waals surface area contributed by atoms with Crippen molar-refractivity contribution >= 4 is 11.8 Å². The summed E-state index contributed by atoms with van der Waals surface area (Å²) in [7, 11) is 1.76. The number of hydrogen-bond acceptors (Lipinski definition) is 4. The summed E-state index contributed by atoms with van der Waals surface area (Å²) in [5, 5.41) is 2.85. The van der Waals surface area contributed by atoms with Crippen LogP contribution in [0, 0.1) is 0 Å². The van der Waals surface area contributed by atoms with E-state index in [0.29, 0.717) is 5.75 Å². The molecule has 0 aliphatic heterocycles. The molecule has 1 heterocycles. The van der Waals surface area contributed by atoms with Crippen molar-refractivity contribution in [3.8, 4) is 5.75 Å². The van der Waals surface area contributed by atoms with Crippen LogP contribution in [0.3, 0.4) is 0 Å². The number of anilines is 1. The van der Waals surface area contributed by atoms with E-state index in [1.54, 1.807) is 19.2 Å². The van der Waals surface area contributed by atoms with Gasteiger partial charge < -0.3 is 10.1 Å². The summed E-state index contributed by atoms with van der Waals surface area (Å²) in [5.74, 6) is 0.640. The first-order valence-electron chi connectivity index (χ1n) is 3.74. The highest BCUT2D eigenvalue weighted by Gasteiger charge is 1.99. The second kappa shape index (κ2) is 4.25. The van der Waals surface area contributed by atoms with Crippen molar-refractivity contribution in [2.45, 2.75) is 0 Å². The minimum absolute atomic E-state index is 0.406. The molecule has 0 aliphatic rings. The molecule has 1 aromatic heterocycles. The fourth-order valence-corrected chi connectivity index (χ4v) is 0.746. The molecule has 0 spiro atoms. The lowest BCUT2D eigenvalue weighted by Gasteiger charge is -2.01. The van der Waals surface area contributed by atoms with Gasteiger partial charge in [-0.05, 0) is 12.1 Å². The van der Waals surface area contributed by atoms with Gasteiger partial charge in [0.1, 0.15) is 11.6 Å². The number of nitrogens with one attached hydrogen (secondary N) is 1. The average Bonchev–Trinajstić information content (AvgIpc) is 2.19. The summed E-state index contributed by atoms with van der Waals surface area (Å²) in [6.45, 7) is 3.28. The largest absolute Gasteiger partial charge is 0.422 e. The van der Waals surface area contributed by atoms with Gasteiger partial charge in [0.05, 0.1) is 6.20 Å². The minimum atomic E-state index is -0.487. The number of pyridine rings is 1. The summed E-state index contributed by atoms with van der Waals surface area (Å²) in [4.78, 5) is 14.7. The molecule has 0 saturated carbocycles. The molecule has 4 nitrogen and oxygen atoms in total. The predicted molar refractivity (Wildman–Crippen MR) is 49.6 cm³/mol. The molecule has 0 atom stereocenters. The molecule has 1 rings (SSSR count). The van der Waals surface area contributed by atoms with E-state index in [1.807, 2.05) is 0 Å². The van der Waals surface area contributed by atoms with Crippen molar-refractivity contribution in [1.82, 2.24) is 4.98 Å². The number of ether oxygens (including phenoxy) is 1. The first-order chi connectivity index (χ1) is 6.26.